The minimum Gasteiger partial charge on any atom is -0.432 e. The van der Waals surface area contributed by atoms with Crippen LogP contribution in [0.4, 0.5) is 13.2 Å². The Hall–Kier alpha value is -1.08. The van der Waals surface area contributed by atoms with E-state index in [0.29, 0.717) is 5.56 Å². The van der Waals surface area contributed by atoms with Crippen LogP contribution in [0.3, 0.4) is 0 Å². The van der Waals surface area contributed by atoms with Crippen LogP contribution in [0.15, 0.2) is 18.2 Å². The minimum atomic E-state index is -3.07. The summed E-state index contributed by atoms with van der Waals surface area (Å²) in [6.07, 6.45) is 0. The van der Waals surface area contributed by atoms with E-state index in [-0.39, 0.29) is 6.04 Å². The summed E-state index contributed by atoms with van der Waals surface area (Å²) in [5.74, 6) is -1.38. The predicted octanol–water partition coefficient (Wildman–Crippen LogP) is 3.54. The van der Waals surface area contributed by atoms with Crippen LogP contribution >= 0.6 is 0 Å². The molecule has 3 nitrogen and oxygen atoms in total. The smallest absolute Gasteiger partial charge is 0.387 e. The number of hydrogen-bond acceptors (Lipinski definition) is 2. The van der Waals surface area contributed by atoms with Gasteiger partial charge in [0, 0.05) is 6.04 Å². The Morgan fingerprint density at radius 1 is 1.30 bits per heavy atom. The van der Waals surface area contributed by atoms with E-state index >= 15 is 0 Å². The second-order valence-corrected chi connectivity index (χ2v) is 7.29. The number of alkyl halides is 2. The van der Waals surface area contributed by atoms with Crippen LogP contribution < -0.4 is 9.46 Å². The van der Waals surface area contributed by atoms with Gasteiger partial charge in [-0.2, -0.15) is 8.78 Å². The maximum absolute atomic E-state index is 13.6. The molecule has 1 aromatic rings. The van der Waals surface area contributed by atoms with Gasteiger partial charge in [-0.1, -0.05) is 6.07 Å². The van der Waals surface area contributed by atoms with Gasteiger partial charge < -0.3 is 4.74 Å². The van der Waals surface area contributed by atoms with Crippen molar-refractivity contribution in [3.8, 4) is 5.75 Å². The van der Waals surface area contributed by atoms with E-state index in [1.165, 1.54) is 6.07 Å². The first-order valence-corrected chi connectivity index (χ1v) is 7.18. The third-order valence-electron chi connectivity index (χ3n) is 2.51. The molecule has 0 unspecified atom stereocenters. The summed E-state index contributed by atoms with van der Waals surface area (Å²) in [4.78, 5) is 0. The van der Waals surface area contributed by atoms with E-state index in [4.69, 9.17) is 0 Å². The number of rotatable bonds is 5. The van der Waals surface area contributed by atoms with E-state index in [1.807, 2.05) is 20.8 Å². The lowest BCUT2D eigenvalue weighted by atomic mass is 10.1. The Labute approximate surface area is 119 Å². The largest absolute Gasteiger partial charge is 0.432 e. The summed E-state index contributed by atoms with van der Waals surface area (Å²) < 4.78 is 56.0. The number of halogens is 3. The van der Waals surface area contributed by atoms with Crippen LogP contribution in [0.5, 0.6) is 5.75 Å². The van der Waals surface area contributed by atoms with Crippen molar-refractivity contribution in [3.05, 3.63) is 29.6 Å². The van der Waals surface area contributed by atoms with Gasteiger partial charge in [0.05, 0.1) is 15.7 Å². The average Bonchev–Trinajstić information content (AvgIpc) is 2.29. The first-order chi connectivity index (χ1) is 9.11. The third kappa shape index (κ3) is 4.79. The van der Waals surface area contributed by atoms with Gasteiger partial charge in [0.15, 0.2) is 11.6 Å². The Bertz CT molecular complexity index is 489. The second kappa shape index (κ2) is 6.58. The zero-order valence-electron chi connectivity index (χ0n) is 11.7. The molecule has 0 spiro atoms. The van der Waals surface area contributed by atoms with Crippen molar-refractivity contribution in [2.45, 2.75) is 45.1 Å². The Morgan fingerprint density at radius 2 is 1.90 bits per heavy atom. The van der Waals surface area contributed by atoms with Gasteiger partial charge in [0.2, 0.25) is 0 Å². The fourth-order valence-corrected chi connectivity index (χ4v) is 2.19. The van der Waals surface area contributed by atoms with Gasteiger partial charge in [0.1, 0.15) is 0 Å². The zero-order valence-corrected chi connectivity index (χ0v) is 12.6. The van der Waals surface area contributed by atoms with Crippen molar-refractivity contribution < 1.29 is 22.1 Å². The molecule has 114 valence electrons. The standard InChI is InChI=1S/C13H18F3NO2S/c1-8(17-20(18)13(2,3)4)9-5-6-11(10(14)7-9)19-12(15)16/h5-8,12,17H,1-4H3/t8-,20+/m0/s1. The minimum absolute atomic E-state index is 0.384. The van der Waals surface area contributed by atoms with E-state index in [1.54, 1.807) is 6.92 Å². The molecule has 7 heteroatoms. The van der Waals surface area contributed by atoms with Crippen LogP contribution in [0.2, 0.25) is 0 Å². The predicted molar refractivity (Wildman–Crippen MR) is 72.5 cm³/mol. The lowest BCUT2D eigenvalue weighted by Crippen LogP contribution is -2.34. The Balaban J connectivity index is 2.82. The third-order valence-corrected chi connectivity index (χ3v) is 4.19. The normalized spacial score (nSPS) is 15.2. The first-order valence-electron chi connectivity index (χ1n) is 6.03. The van der Waals surface area contributed by atoms with Crippen molar-refractivity contribution in [1.29, 1.82) is 0 Å². The fourth-order valence-electron chi connectivity index (χ4n) is 1.38. The lowest BCUT2D eigenvalue weighted by Gasteiger charge is -2.22. The van der Waals surface area contributed by atoms with Crippen LogP contribution in [-0.4, -0.2) is 15.6 Å². The molecule has 0 aliphatic carbocycles. The molecule has 1 aromatic carbocycles. The summed E-state index contributed by atoms with van der Waals surface area (Å²) in [5, 5.41) is 0. The number of benzene rings is 1. The van der Waals surface area contributed by atoms with E-state index < -0.39 is 33.9 Å². The zero-order chi connectivity index (χ0) is 15.5. The van der Waals surface area contributed by atoms with Crippen molar-refractivity contribution in [2.75, 3.05) is 0 Å². The van der Waals surface area contributed by atoms with Crippen molar-refractivity contribution in [2.24, 2.45) is 0 Å². The SMILES string of the molecule is C[C@H](N[S@](=O)C(C)(C)C)c1ccc(OC(F)F)c(F)c1. The highest BCUT2D eigenvalue weighted by atomic mass is 32.2. The maximum Gasteiger partial charge on any atom is 0.387 e. The molecule has 2 atom stereocenters. The average molecular weight is 309 g/mol. The first kappa shape index (κ1) is 17.0. The molecule has 0 aliphatic heterocycles. The number of hydrogen-bond donors (Lipinski definition) is 1. The van der Waals surface area contributed by atoms with Gasteiger partial charge in [0.25, 0.3) is 0 Å². The van der Waals surface area contributed by atoms with Crippen LogP contribution in [0.1, 0.15) is 39.3 Å². The van der Waals surface area contributed by atoms with E-state index in [2.05, 4.69) is 9.46 Å². The Morgan fingerprint density at radius 3 is 2.35 bits per heavy atom. The molecular weight excluding hydrogens is 291 g/mol. The van der Waals surface area contributed by atoms with Gasteiger partial charge in [-0.3, -0.25) is 0 Å². The van der Waals surface area contributed by atoms with Crippen LogP contribution in [0.25, 0.3) is 0 Å². The summed E-state index contributed by atoms with van der Waals surface area (Å²) in [5.41, 5.74) is 0.502. The molecule has 0 bridgehead atoms. The fraction of sp³-hybridized carbons (Fsp3) is 0.538. The van der Waals surface area contributed by atoms with E-state index in [9.17, 15) is 17.4 Å². The second-order valence-electron chi connectivity index (χ2n) is 5.29. The van der Waals surface area contributed by atoms with Gasteiger partial charge in [-0.25, -0.2) is 13.3 Å². The highest BCUT2D eigenvalue weighted by molar-refractivity contribution is 7.84. The van der Waals surface area contributed by atoms with Crippen molar-refractivity contribution in [1.82, 2.24) is 4.72 Å². The van der Waals surface area contributed by atoms with E-state index in [0.717, 1.165) is 12.1 Å². The van der Waals surface area contributed by atoms with Crippen LogP contribution in [0, 0.1) is 5.82 Å². The summed E-state index contributed by atoms with van der Waals surface area (Å²) in [6, 6.07) is 3.30. The quantitative estimate of drug-likeness (QED) is 0.903. The molecule has 1 rings (SSSR count). The summed E-state index contributed by atoms with van der Waals surface area (Å²) in [6.45, 7) is 4.07. The van der Waals surface area contributed by atoms with Crippen LogP contribution in [-0.2, 0) is 11.0 Å². The molecule has 0 saturated carbocycles. The molecule has 0 radical (unpaired) electrons. The molecule has 0 saturated heterocycles. The Kier molecular flexibility index (Phi) is 5.59. The van der Waals surface area contributed by atoms with Crippen molar-refractivity contribution >= 4 is 11.0 Å². The number of ether oxygens (including phenoxy) is 1. The number of nitrogens with one attached hydrogen (secondary N) is 1. The summed E-state index contributed by atoms with van der Waals surface area (Å²) in [7, 11) is -1.31. The van der Waals surface area contributed by atoms with Gasteiger partial charge in [-0.15, -0.1) is 0 Å². The van der Waals surface area contributed by atoms with Gasteiger partial charge in [-0.05, 0) is 45.4 Å². The topological polar surface area (TPSA) is 38.3 Å². The lowest BCUT2D eigenvalue weighted by molar-refractivity contribution is -0.0522. The maximum atomic E-state index is 13.6. The molecule has 20 heavy (non-hydrogen) atoms. The van der Waals surface area contributed by atoms with Crippen molar-refractivity contribution in [3.63, 3.8) is 0 Å². The monoisotopic (exact) mass is 309 g/mol. The highest BCUT2D eigenvalue weighted by Gasteiger charge is 2.22. The molecule has 0 aliphatic rings. The molecule has 0 fully saturated rings. The highest BCUT2D eigenvalue weighted by Crippen LogP contribution is 2.24. The molecule has 0 aromatic heterocycles. The molecule has 1 N–H and O–H groups in total. The molecule has 0 heterocycles. The molecule has 0 amide bonds. The molecular formula is C13H18F3NO2S. The van der Waals surface area contributed by atoms with Gasteiger partial charge >= 0.3 is 6.61 Å². The summed E-state index contributed by atoms with van der Waals surface area (Å²) >= 11 is 0.